The van der Waals surface area contributed by atoms with Gasteiger partial charge in [-0.1, -0.05) is 0 Å². The van der Waals surface area contributed by atoms with Gasteiger partial charge in [0.25, 0.3) is 0 Å². The van der Waals surface area contributed by atoms with Crippen molar-refractivity contribution < 1.29 is 64.6 Å². The summed E-state index contributed by atoms with van der Waals surface area (Å²) in [6, 6.07) is 7.53. The molecule has 2 aliphatic heterocycles. The molecular formula is C27H30O14. The predicted octanol–water partition coefficient (Wildman–Crippen LogP) is -1.06. The smallest absolute Gasteiger partial charge is 0.197 e. The first-order valence-electron chi connectivity index (χ1n) is 12.7. The van der Waals surface area contributed by atoms with E-state index in [0.29, 0.717) is 5.56 Å². The largest absolute Gasteiger partial charge is 0.508 e. The third-order valence-corrected chi connectivity index (χ3v) is 7.40. The highest BCUT2D eigenvalue weighted by Gasteiger charge is 2.51. The van der Waals surface area contributed by atoms with Gasteiger partial charge in [-0.15, -0.1) is 0 Å². The Bertz CT molecular complexity index is 1460. The molecule has 0 aliphatic carbocycles. The van der Waals surface area contributed by atoms with Gasteiger partial charge in [0, 0.05) is 17.7 Å². The number of fused-ring (bicyclic) bond motifs is 1. The lowest BCUT2D eigenvalue weighted by Crippen LogP contribution is -2.61. The van der Waals surface area contributed by atoms with E-state index < -0.39 is 84.8 Å². The fraction of sp³-hybridized carbons (Fsp3) is 0.444. The van der Waals surface area contributed by atoms with Crippen LogP contribution in [0.15, 0.2) is 45.6 Å². The number of hydrogen-bond donors (Lipinski definition) is 9. The van der Waals surface area contributed by atoms with Gasteiger partial charge < -0.3 is 64.6 Å². The Labute approximate surface area is 231 Å². The lowest BCUT2D eigenvalue weighted by molar-refractivity contribution is -0.338. The SMILES string of the molecule is C[C@@H]1OC(O[C@@H]2[C@@H](O)[C@H](O)[C@@H](CO)O[C@H]2c2c(O)cc(O)c3c(=O)cc(-c4ccc(O)cc4)oc23)[C@H](O)[C@H](O)[C@H]1O. The minimum atomic E-state index is -1.85. The highest BCUT2D eigenvalue weighted by Crippen LogP contribution is 2.45. The number of hydrogen-bond acceptors (Lipinski definition) is 14. The molecule has 0 saturated carbocycles. The molecule has 10 atom stereocenters. The van der Waals surface area contributed by atoms with Crippen molar-refractivity contribution in [2.24, 2.45) is 0 Å². The van der Waals surface area contributed by atoms with Crippen LogP contribution < -0.4 is 5.43 Å². The number of rotatable bonds is 5. The van der Waals surface area contributed by atoms with Crippen LogP contribution in [0.4, 0.5) is 0 Å². The minimum absolute atomic E-state index is 0.0294. The van der Waals surface area contributed by atoms with E-state index in [1.54, 1.807) is 0 Å². The van der Waals surface area contributed by atoms with Crippen LogP contribution in [0.5, 0.6) is 17.2 Å². The Morgan fingerprint density at radius 3 is 2.17 bits per heavy atom. The Hall–Kier alpha value is -3.31. The first kappa shape index (κ1) is 29.2. The van der Waals surface area contributed by atoms with Crippen LogP contribution in [0.25, 0.3) is 22.3 Å². The van der Waals surface area contributed by atoms with Gasteiger partial charge >= 0.3 is 0 Å². The van der Waals surface area contributed by atoms with Crippen molar-refractivity contribution in [1.29, 1.82) is 0 Å². The van der Waals surface area contributed by atoms with Crippen molar-refractivity contribution in [3.05, 3.63) is 52.2 Å². The first-order valence-corrected chi connectivity index (χ1v) is 12.7. The maximum absolute atomic E-state index is 13.1. The molecule has 2 aromatic carbocycles. The zero-order chi connectivity index (χ0) is 29.7. The standard InChI is InChI=1S/C27H30O14/c1-9-19(33)21(35)23(37)27(38-9)41-26-22(36)20(34)16(8-28)40-25(26)18-13(31)6-12(30)17-14(32)7-15(39-24(17)18)10-2-4-11(29)5-3-10/h2-7,9,16,19-23,25-31,33-37H,8H2,1H3/t9-,16+,19-,20+,21+,22-,23+,25-,26+,27?/m0/s1. The molecule has 3 heterocycles. The summed E-state index contributed by atoms with van der Waals surface area (Å²) in [4.78, 5) is 13.1. The quantitative estimate of drug-likeness (QED) is 0.175. The highest BCUT2D eigenvalue weighted by molar-refractivity contribution is 5.89. The van der Waals surface area contributed by atoms with Crippen LogP contribution in [0, 0.1) is 0 Å². The zero-order valence-corrected chi connectivity index (χ0v) is 21.5. The van der Waals surface area contributed by atoms with E-state index in [2.05, 4.69) is 0 Å². The molecule has 2 aliphatic rings. The van der Waals surface area contributed by atoms with Gasteiger partial charge in [0.05, 0.1) is 18.3 Å². The van der Waals surface area contributed by atoms with Gasteiger partial charge in [0.1, 0.15) is 77.2 Å². The van der Waals surface area contributed by atoms with Crippen LogP contribution in [0.1, 0.15) is 18.6 Å². The number of benzene rings is 2. The number of aliphatic hydroxyl groups is 6. The fourth-order valence-corrected chi connectivity index (χ4v) is 5.12. The molecule has 1 aromatic heterocycles. The van der Waals surface area contributed by atoms with Crippen molar-refractivity contribution in [2.45, 2.75) is 68.1 Å². The Kier molecular flexibility index (Phi) is 7.95. The molecular weight excluding hydrogens is 548 g/mol. The molecule has 0 radical (unpaired) electrons. The highest BCUT2D eigenvalue weighted by atomic mass is 16.7. The van der Waals surface area contributed by atoms with Crippen molar-refractivity contribution in [3.8, 4) is 28.6 Å². The van der Waals surface area contributed by atoms with Crippen LogP contribution in [0.3, 0.4) is 0 Å². The lowest BCUT2D eigenvalue weighted by atomic mass is 9.89. The summed E-state index contributed by atoms with van der Waals surface area (Å²) in [5.41, 5.74) is -1.08. The maximum atomic E-state index is 13.1. The third-order valence-electron chi connectivity index (χ3n) is 7.40. The Morgan fingerprint density at radius 2 is 1.51 bits per heavy atom. The predicted molar refractivity (Wildman–Crippen MR) is 137 cm³/mol. The van der Waals surface area contributed by atoms with Gasteiger partial charge in [-0.25, -0.2) is 0 Å². The van der Waals surface area contributed by atoms with Crippen LogP contribution in [-0.2, 0) is 14.2 Å². The van der Waals surface area contributed by atoms with E-state index >= 15 is 0 Å². The second-order valence-electron chi connectivity index (χ2n) is 10.1. The zero-order valence-electron chi connectivity index (χ0n) is 21.5. The van der Waals surface area contributed by atoms with E-state index in [4.69, 9.17) is 18.6 Å². The van der Waals surface area contributed by atoms with E-state index in [9.17, 15) is 50.8 Å². The minimum Gasteiger partial charge on any atom is -0.508 e. The van der Waals surface area contributed by atoms with E-state index in [1.165, 1.54) is 31.2 Å². The first-order chi connectivity index (χ1) is 19.4. The molecule has 0 spiro atoms. The van der Waals surface area contributed by atoms with Crippen molar-refractivity contribution in [2.75, 3.05) is 6.61 Å². The van der Waals surface area contributed by atoms with Crippen molar-refractivity contribution in [3.63, 3.8) is 0 Å². The summed E-state index contributed by atoms with van der Waals surface area (Å²) in [6.45, 7) is 0.613. The molecule has 3 aromatic rings. The molecule has 2 saturated heterocycles. The molecule has 0 amide bonds. The Balaban J connectivity index is 1.67. The van der Waals surface area contributed by atoms with Crippen molar-refractivity contribution >= 4 is 11.0 Å². The van der Waals surface area contributed by atoms with Crippen LogP contribution >= 0.6 is 0 Å². The lowest BCUT2D eigenvalue weighted by Gasteiger charge is -2.46. The molecule has 0 bridgehead atoms. The molecule has 41 heavy (non-hydrogen) atoms. The molecule has 5 rings (SSSR count). The molecule has 2 fully saturated rings. The number of phenolic OH excluding ortho intramolecular Hbond substituents is 3. The summed E-state index contributed by atoms with van der Waals surface area (Å²) >= 11 is 0. The topological polar surface area (TPSA) is 240 Å². The van der Waals surface area contributed by atoms with Crippen LogP contribution in [0.2, 0.25) is 0 Å². The number of aromatic hydroxyl groups is 3. The summed E-state index contributed by atoms with van der Waals surface area (Å²) in [5, 5.41) is 93.0. The normalized spacial score (nSPS) is 34.1. The molecule has 14 nitrogen and oxygen atoms in total. The van der Waals surface area contributed by atoms with Gasteiger partial charge in [-0.3, -0.25) is 4.79 Å². The average Bonchev–Trinajstić information content (AvgIpc) is 2.93. The van der Waals surface area contributed by atoms with Gasteiger partial charge in [0.2, 0.25) is 0 Å². The monoisotopic (exact) mass is 578 g/mol. The molecule has 14 heteroatoms. The third kappa shape index (κ3) is 5.14. The van der Waals surface area contributed by atoms with Gasteiger partial charge in [0.15, 0.2) is 17.3 Å². The van der Waals surface area contributed by atoms with E-state index in [1.807, 2.05) is 0 Å². The van der Waals surface area contributed by atoms with E-state index in [0.717, 1.165) is 12.1 Å². The summed E-state index contributed by atoms with van der Waals surface area (Å²) in [7, 11) is 0. The molecule has 1 unspecified atom stereocenters. The number of ether oxygens (including phenoxy) is 3. The summed E-state index contributed by atoms with van der Waals surface area (Å²) in [5.74, 6) is -1.39. The average molecular weight is 579 g/mol. The fourth-order valence-electron chi connectivity index (χ4n) is 5.12. The van der Waals surface area contributed by atoms with E-state index in [-0.39, 0.29) is 28.0 Å². The van der Waals surface area contributed by atoms with Crippen LogP contribution in [-0.4, -0.2) is 108 Å². The summed E-state index contributed by atoms with van der Waals surface area (Å²) < 4.78 is 23.0. The second kappa shape index (κ2) is 11.2. The molecule has 9 N–H and O–H groups in total. The number of phenols is 3. The second-order valence-corrected chi connectivity index (χ2v) is 10.1. The molecule has 222 valence electrons. The maximum Gasteiger partial charge on any atom is 0.197 e. The van der Waals surface area contributed by atoms with Gasteiger partial charge in [-0.05, 0) is 31.2 Å². The Morgan fingerprint density at radius 1 is 0.829 bits per heavy atom. The van der Waals surface area contributed by atoms with Crippen molar-refractivity contribution in [1.82, 2.24) is 0 Å². The number of aliphatic hydroxyl groups excluding tert-OH is 6. The summed E-state index contributed by atoms with van der Waals surface area (Å²) in [6.07, 6.45) is -16.0. The van der Waals surface area contributed by atoms with Gasteiger partial charge in [-0.2, -0.15) is 0 Å².